The Balaban J connectivity index is 0.000000361. The van der Waals surface area contributed by atoms with Crippen molar-refractivity contribution in [2.24, 2.45) is 0 Å². The molecule has 2 atom stereocenters. The Bertz CT molecular complexity index is 520. The molecule has 4 rings (SSSR count). The first-order valence-corrected chi connectivity index (χ1v) is 6.65. The summed E-state index contributed by atoms with van der Waals surface area (Å²) in [6.45, 7) is 1.28. The standard InChI is InChI=1S/C12H14FN3O.C2H4N2/c13-9-2-1-3-10(14)11(9)12(17)16-5-7-4-8(6-16)15-7;3-1-2-4/h1-3,7-8,15H,4-6,14H2;1-4H. The van der Waals surface area contributed by atoms with Crippen LogP contribution in [-0.4, -0.2) is 48.4 Å². The highest BCUT2D eigenvalue weighted by molar-refractivity contribution is 6.12. The van der Waals surface area contributed by atoms with Crippen molar-refractivity contribution in [3.05, 3.63) is 29.6 Å². The molecule has 2 bridgehead atoms. The molecule has 1 aromatic carbocycles. The lowest BCUT2D eigenvalue weighted by atomic mass is 9.91. The number of rotatable bonds is 2. The zero-order valence-electron chi connectivity index (χ0n) is 11.5. The fourth-order valence-electron chi connectivity index (χ4n) is 2.60. The van der Waals surface area contributed by atoms with Gasteiger partial charge in [0.25, 0.3) is 5.91 Å². The summed E-state index contributed by atoms with van der Waals surface area (Å²) in [6.07, 6.45) is 2.94. The minimum Gasteiger partial charge on any atom is -0.398 e. The Kier molecular flexibility index (Phi) is 4.64. The van der Waals surface area contributed by atoms with Gasteiger partial charge in [-0.1, -0.05) is 6.07 Å². The summed E-state index contributed by atoms with van der Waals surface area (Å²) in [7, 11) is 0. The van der Waals surface area contributed by atoms with Gasteiger partial charge >= 0.3 is 0 Å². The van der Waals surface area contributed by atoms with E-state index in [-0.39, 0.29) is 17.2 Å². The summed E-state index contributed by atoms with van der Waals surface area (Å²) in [5.41, 5.74) is 5.89. The number of nitrogens with one attached hydrogen (secondary N) is 3. The van der Waals surface area contributed by atoms with Gasteiger partial charge in [0, 0.05) is 43.3 Å². The molecule has 0 radical (unpaired) electrons. The van der Waals surface area contributed by atoms with E-state index >= 15 is 0 Å². The van der Waals surface area contributed by atoms with Gasteiger partial charge < -0.3 is 26.8 Å². The second-order valence-corrected chi connectivity index (χ2v) is 5.04. The smallest absolute Gasteiger partial charge is 0.259 e. The average molecular weight is 291 g/mol. The number of nitrogens with zero attached hydrogens (tertiary/aromatic N) is 1. The van der Waals surface area contributed by atoms with Crippen LogP contribution in [0.4, 0.5) is 10.1 Å². The van der Waals surface area contributed by atoms with Crippen LogP contribution < -0.4 is 11.1 Å². The number of benzene rings is 1. The minimum absolute atomic E-state index is 0.00815. The molecule has 1 aromatic rings. The molecule has 3 aliphatic rings. The molecule has 3 fully saturated rings. The third-order valence-electron chi connectivity index (χ3n) is 3.55. The number of halogens is 1. The highest BCUT2D eigenvalue weighted by Gasteiger charge is 2.39. The summed E-state index contributed by atoms with van der Waals surface area (Å²) in [4.78, 5) is 13.9. The Morgan fingerprint density at radius 1 is 1.33 bits per heavy atom. The van der Waals surface area contributed by atoms with Crippen molar-refractivity contribution in [1.82, 2.24) is 10.2 Å². The summed E-state index contributed by atoms with van der Waals surface area (Å²) < 4.78 is 13.6. The van der Waals surface area contributed by atoms with Gasteiger partial charge in [0.15, 0.2) is 0 Å². The van der Waals surface area contributed by atoms with Crippen molar-refractivity contribution in [2.45, 2.75) is 18.5 Å². The second-order valence-electron chi connectivity index (χ2n) is 5.04. The first-order valence-electron chi connectivity index (χ1n) is 6.65. The zero-order valence-corrected chi connectivity index (χ0v) is 11.5. The summed E-state index contributed by atoms with van der Waals surface area (Å²) >= 11 is 0. The molecular formula is C14H18FN5O. The quantitative estimate of drug-likeness (QED) is 0.480. The number of nitrogens with two attached hydrogens (primary N) is 1. The molecule has 0 saturated carbocycles. The third kappa shape index (κ3) is 3.25. The number of fused-ring (bicyclic) bond motifs is 2. The molecule has 5 N–H and O–H groups in total. The van der Waals surface area contributed by atoms with Crippen LogP contribution in [0.5, 0.6) is 0 Å². The SMILES string of the molecule is N=CC=N.Nc1cccc(F)c1C(=O)N1CC2CC(C1)N2. The topological polar surface area (TPSA) is 106 Å². The van der Waals surface area contributed by atoms with E-state index in [0.717, 1.165) is 18.9 Å². The van der Waals surface area contributed by atoms with Gasteiger partial charge in [0.1, 0.15) is 5.82 Å². The molecule has 0 aliphatic carbocycles. The Hall–Kier alpha value is -2.28. The maximum absolute atomic E-state index is 13.6. The molecule has 6 nitrogen and oxygen atoms in total. The maximum Gasteiger partial charge on any atom is 0.259 e. The van der Waals surface area contributed by atoms with Crippen molar-refractivity contribution in [1.29, 1.82) is 10.8 Å². The number of piperazine rings is 1. The molecule has 3 aliphatic heterocycles. The predicted molar refractivity (Wildman–Crippen MR) is 79.6 cm³/mol. The number of hydrogen-bond donors (Lipinski definition) is 4. The van der Waals surface area contributed by atoms with Crippen LogP contribution in [0.15, 0.2) is 18.2 Å². The second kappa shape index (κ2) is 6.45. The van der Waals surface area contributed by atoms with Gasteiger partial charge in [-0.2, -0.15) is 0 Å². The van der Waals surface area contributed by atoms with E-state index in [1.807, 2.05) is 0 Å². The zero-order chi connectivity index (χ0) is 15.4. The van der Waals surface area contributed by atoms with E-state index in [4.69, 9.17) is 16.6 Å². The molecule has 112 valence electrons. The van der Waals surface area contributed by atoms with Gasteiger partial charge in [-0.25, -0.2) is 4.39 Å². The van der Waals surface area contributed by atoms with E-state index < -0.39 is 5.82 Å². The van der Waals surface area contributed by atoms with Gasteiger partial charge in [0.2, 0.25) is 0 Å². The number of carbonyl (C=O) groups excluding carboxylic acids is 1. The summed E-state index contributed by atoms with van der Waals surface area (Å²) in [6, 6.07) is 5.07. The monoisotopic (exact) mass is 291 g/mol. The number of nitrogen functional groups attached to an aromatic ring is 1. The third-order valence-corrected chi connectivity index (χ3v) is 3.55. The average Bonchev–Trinajstić information content (AvgIpc) is 2.46. The first-order chi connectivity index (χ1) is 10.1. The van der Waals surface area contributed by atoms with E-state index in [1.54, 1.807) is 11.0 Å². The molecule has 2 unspecified atom stereocenters. The van der Waals surface area contributed by atoms with Crippen molar-refractivity contribution in [3.8, 4) is 0 Å². The lowest BCUT2D eigenvalue weighted by Crippen LogP contribution is -2.67. The molecule has 3 heterocycles. The van der Waals surface area contributed by atoms with Gasteiger partial charge in [-0.3, -0.25) is 4.79 Å². The normalized spacial score (nSPS) is 22.4. The first kappa shape index (κ1) is 15.1. The van der Waals surface area contributed by atoms with Gasteiger partial charge in [-0.15, -0.1) is 0 Å². The van der Waals surface area contributed by atoms with Gasteiger partial charge in [0.05, 0.1) is 5.56 Å². The van der Waals surface area contributed by atoms with Crippen molar-refractivity contribution in [3.63, 3.8) is 0 Å². The van der Waals surface area contributed by atoms with E-state index in [2.05, 4.69) is 5.32 Å². The summed E-state index contributed by atoms with van der Waals surface area (Å²) in [5, 5.41) is 15.5. The fourth-order valence-corrected chi connectivity index (χ4v) is 2.60. The van der Waals surface area contributed by atoms with Crippen molar-refractivity contribution < 1.29 is 9.18 Å². The van der Waals surface area contributed by atoms with Crippen LogP contribution in [0.3, 0.4) is 0 Å². The molecule has 0 aromatic heterocycles. The molecule has 21 heavy (non-hydrogen) atoms. The predicted octanol–water partition coefficient (Wildman–Crippen LogP) is 0.880. The lowest BCUT2D eigenvalue weighted by Gasteiger charge is -2.48. The molecule has 7 heteroatoms. The maximum atomic E-state index is 13.6. The number of hydrogen-bond acceptors (Lipinski definition) is 5. The van der Waals surface area contributed by atoms with Crippen LogP contribution in [0.1, 0.15) is 16.8 Å². The number of piperidine rings is 1. The summed E-state index contributed by atoms with van der Waals surface area (Å²) in [5.74, 6) is -0.834. The van der Waals surface area contributed by atoms with Crippen LogP contribution in [0.25, 0.3) is 0 Å². The van der Waals surface area contributed by atoms with Crippen molar-refractivity contribution >= 4 is 24.0 Å². The largest absolute Gasteiger partial charge is 0.398 e. The Morgan fingerprint density at radius 2 is 1.90 bits per heavy atom. The van der Waals surface area contributed by atoms with Crippen LogP contribution >= 0.6 is 0 Å². The van der Waals surface area contributed by atoms with Crippen molar-refractivity contribution in [2.75, 3.05) is 18.8 Å². The fraction of sp³-hybridized carbons (Fsp3) is 0.357. The Labute approximate surface area is 122 Å². The highest BCUT2D eigenvalue weighted by Crippen LogP contribution is 2.25. The van der Waals surface area contributed by atoms with E-state index in [0.29, 0.717) is 25.2 Å². The van der Waals surface area contributed by atoms with Crippen LogP contribution in [0, 0.1) is 16.6 Å². The number of amides is 1. The van der Waals surface area contributed by atoms with E-state index in [9.17, 15) is 9.18 Å². The number of carbonyl (C=O) groups is 1. The van der Waals surface area contributed by atoms with Crippen LogP contribution in [-0.2, 0) is 0 Å². The highest BCUT2D eigenvalue weighted by atomic mass is 19.1. The molecule has 0 spiro atoms. The molecule has 1 amide bonds. The number of anilines is 1. The minimum atomic E-state index is -0.540. The van der Waals surface area contributed by atoms with Gasteiger partial charge in [-0.05, 0) is 18.6 Å². The molecular weight excluding hydrogens is 273 g/mol. The lowest BCUT2D eigenvalue weighted by molar-refractivity contribution is 0.0470. The van der Waals surface area contributed by atoms with E-state index in [1.165, 1.54) is 12.1 Å². The molecule has 3 saturated heterocycles. The van der Waals surface area contributed by atoms with Crippen LogP contribution in [0.2, 0.25) is 0 Å². The Morgan fingerprint density at radius 3 is 2.38 bits per heavy atom.